The molecule has 79 heavy (non-hydrogen) atoms. The second-order valence-electron chi connectivity index (χ2n) is 24.5. The molecule has 0 radical (unpaired) electrons. The molecular formula is C77H58N2. The van der Waals surface area contributed by atoms with Gasteiger partial charge in [0, 0.05) is 33.5 Å². The lowest BCUT2D eigenvalue weighted by Gasteiger charge is -2.35. The Balaban J connectivity index is 0.999. The first-order valence-corrected chi connectivity index (χ1v) is 28.1. The first kappa shape index (κ1) is 45.9. The Labute approximate surface area is 462 Å². The van der Waals surface area contributed by atoms with Gasteiger partial charge in [0.2, 0.25) is 0 Å². The van der Waals surface area contributed by atoms with Crippen molar-refractivity contribution in [1.29, 1.82) is 0 Å². The molecule has 2 nitrogen and oxygen atoms in total. The number of nitrogens with zero attached hydrogens (tertiary/aromatic N) is 2. The summed E-state index contributed by atoms with van der Waals surface area (Å²) in [5, 5.41) is 15.3. The van der Waals surface area contributed by atoms with E-state index in [1.165, 1.54) is 120 Å². The lowest BCUT2D eigenvalue weighted by Crippen LogP contribution is -2.28. The molecule has 0 saturated heterocycles. The summed E-state index contributed by atoms with van der Waals surface area (Å²) in [4.78, 5) is 5.04. The summed E-state index contributed by atoms with van der Waals surface area (Å²) in [5.41, 5.74) is 19.1. The van der Waals surface area contributed by atoms with Crippen molar-refractivity contribution in [2.24, 2.45) is 0 Å². The Morgan fingerprint density at radius 3 is 0.975 bits per heavy atom. The maximum Gasteiger partial charge on any atom is 0.0727 e. The van der Waals surface area contributed by atoms with Crippen LogP contribution in [0.2, 0.25) is 0 Å². The molecule has 0 atom stereocenters. The van der Waals surface area contributed by atoms with Crippen molar-refractivity contribution in [1.82, 2.24) is 0 Å². The quantitative estimate of drug-likeness (QED) is 0.153. The van der Waals surface area contributed by atoms with Gasteiger partial charge in [0.15, 0.2) is 0 Å². The van der Waals surface area contributed by atoms with E-state index in [1.54, 1.807) is 0 Å². The molecule has 0 unspecified atom stereocenters. The molecule has 0 saturated carbocycles. The number of anilines is 6. The van der Waals surface area contributed by atoms with Crippen molar-refractivity contribution >= 4 is 98.8 Å². The fourth-order valence-corrected chi connectivity index (χ4v) is 14.3. The Morgan fingerprint density at radius 2 is 0.595 bits per heavy atom. The Bertz CT molecular complexity index is 4460. The van der Waals surface area contributed by atoms with Gasteiger partial charge in [-0.25, -0.2) is 0 Å². The molecular weight excluding hydrogens is 953 g/mol. The van der Waals surface area contributed by atoms with Crippen molar-refractivity contribution in [2.45, 2.75) is 57.8 Å². The van der Waals surface area contributed by atoms with Gasteiger partial charge in [-0.3, -0.25) is 0 Å². The minimum atomic E-state index is -0.681. The van der Waals surface area contributed by atoms with Gasteiger partial charge in [-0.2, -0.15) is 0 Å². The number of hydrogen-bond donors (Lipinski definition) is 0. The molecule has 0 aliphatic heterocycles. The molecule has 376 valence electrons. The zero-order valence-corrected chi connectivity index (χ0v) is 45.5. The van der Waals surface area contributed by atoms with E-state index < -0.39 is 5.41 Å². The molecule has 2 heteroatoms. The van der Waals surface area contributed by atoms with Crippen LogP contribution in [0.1, 0.15) is 74.9 Å². The normalized spacial score (nSPS) is 13.5. The lowest BCUT2D eigenvalue weighted by molar-refractivity contribution is 0.586. The molecule has 16 rings (SSSR count). The maximum atomic E-state index is 2.58. The van der Waals surface area contributed by atoms with Gasteiger partial charge in [-0.05, 0) is 181 Å². The summed E-state index contributed by atoms with van der Waals surface area (Å²) < 4.78 is 0. The molecule has 2 aliphatic rings. The van der Waals surface area contributed by atoms with Crippen LogP contribution in [-0.2, 0) is 16.2 Å². The first-order valence-electron chi connectivity index (χ1n) is 28.1. The molecule has 2 aliphatic carbocycles. The smallest absolute Gasteiger partial charge is 0.0727 e. The van der Waals surface area contributed by atoms with Gasteiger partial charge in [-0.15, -0.1) is 0 Å². The van der Waals surface area contributed by atoms with E-state index in [-0.39, 0.29) is 10.8 Å². The summed E-state index contributed by atoms with van der Waals surface area (Å²) in [7, 11) is 0. The average molecular weight is 1010 g/mol. The molecule has 1 spiro atoms. The number of fused-ring (bicyclic) bond motifs is 10. The van der Waals surface area contributed by atoms with E-state index in [2.05, 4.69) is 294 Å². The van der Waals surface area contributed by atoms with Gasteiger partial charge < -0.3 is 9.80 Å². The predicted octanol–water partition coefficient (Wildman–Crippen LogP) is 21.4. The van der Waals surface area contributed by atoms with Crippen molar-refractivity contribution in [3.05, 3.63) is 276 Å². The molecule has 0 fully saturated rings. The fraction of sp³-hybridized carbons (Fsp3) is 0.117. The summed E-state index contributed by atoms with van der Waals surface area (Å²) in [5.74, 6) is 0. The SMILES string of the molecule is CC(C)(C)c1ccc2c(c1)C1(c3cc(N(c4ccccc4)c4ccc5ccc6cccc7ccc4c5c67)ccc3-c3ccc(N(c4ccccc4)c4ccc5ccc6cccc7ccc4c5c67)cc31)c1cc(C(C)(C)C)ccc1-2. The van der Waals surface area contributed by atoms with Crippen LogP contribution in [0, 0.1) is 0 Å². The standard InChI is InChI=1S/C77H58N2/c1-75(2,3)53-31-37-59-60-38-32-54(76(4,5)6)44-66(60)77(65(59)43-53)67-45-57(78(55-19-9-7-10-20-55)69-41-29-51-25-23-47-15-13-17-49-27-35-63(69)73(51)71(47)49)33-39-61(67)62-40-34-58(46-68(62)77)79(56-21-11-8-12-22-56)70-42-30-52-26-24-48-16-14-18-50-28-36-64(70)74(52)72(48)50/h7-46H,1-6H3. The molecule has 0 bridgehead atoms. The van der Waals surface area contributed by atoms with Gasteiger partial charge in [0.1, 0.15) is 0 Å². The predicted molar refractivity (Wildman–Crippen MR) is 337 cm³/mol. The molecule has 14 aromatic carbocycles. The number of benzene rings is 14. The third-order valence-corrected chi connectivity index (χ3v) is 18.0. The van der Waals surface area contributed by atoms with Crippen LogP contribution in [-0.4, -0.2) is 0 Å². The second-order valence-corrected chi connectivity index (χ2v) is 24.5. The second kappa shape index (κ2) is 16.4. The van der Waals surface area contributed by atoms with E-state index in [9.17, 15) is 0 Å². The summed E-state index contributed by atoms with van der Waals surface area (Å²) >= 11 is 0. The largest absolute Gasteiger partial charge is 0.310 e. The highest BCUT2D eigenvalue weighted by Gasteiger charge is 2.53. The first-order chi connectivity index (χ1) is 38.4. The molecule has 0 heterocycles. The maximum absolute atomic E-state index is 2.58. The topological polar surface area (TPSA) is 6.48 Å². The van der Waals surface area contributed by atoms with Crippen molar-refractivity contribution < 1.29 is 0 Å². The highest BCUT2D eigenvalue weighted by Crippen LogP contribution is 2.65. The van der Waals surface area contributed by atoms with Gasteiger partial charge in [0.25, 0.3) is 0 Å². The highest BCUT2D eigenvalue weighted by atomic mass is 15.2. The van der Waals surface area contributed by atoms with Crippen LogP contribution in [0.5, 0.6) is 0 Å². The summed E-state index contributed by atoms with van der Waals surface area (Å²) in [6, 6.07) is 92.9. The number of para-hydroxylation sites is 2. The Kier molecular flexibility index (Phi) is 9.53. The third kappa shape index (κ3) is 6.52. The average Bonchev–Trinajstić information content (AvgIpc) is 2.80. The number of rotatable bonds is 6. The minimum Gasteiger partial charge on any atom is -0.310 e. The van der Waals surface area contributed by atoms with Gasteiger partial charge in [0.05, 0.1) is 16.8 Å². The molecule has 0 aromatic heterocycles. The lowest BCUT2D eigenvalue weighted by atomic mass is 9.68. The Hall–Kier alpha value is -9.24. The molecule has 0 amide bonds. The van der Waals surface area contributed by atoms with E-state index >= 15 is 0 Å². The van der Waals surface area contributed by atoms with Crippen molar-refractivity contribution in [3.8, 4) is 22.3 Å². The minimum absolute atomic E-state index is 0.0895. The summed E-state index contributed by atoms with van der Waals surface area (Å²) in [6.07, 6.45) is 0. The van der Waals surface area contributed by atoms with Crippen LogP contribution in [0.15, 0.2) is 243 Å². The summed E-state index contributed by atoms with van der Waals surface area (Å²) in [6.45, 7) is 14.1. The van der Waals surface area contributed by atoms with Crippen LogP contribution in [0.4, 0.5) is 34.1 Å². The van der Waals surface area contributed by atoms with E-state index in [0.29, 0.717) is 0 Å². The zero-order chi connectivity index (χ0) is 53.1. The Morgan fingerprint density at radius 1 is 0.266 bits per heavy atom. The monoisotopic (exact) mass is 1010 g/mol. The van der Waals surface area contributed by atoms with Crippen LogP contribution < -0.4 is 9.80 Å². The van der Waals surface area contributed by atoms with E-state index in [1.807, 2.05) is 0 Å². The zero-order valence-electron chi connectivity index (χ0n) is 45.5. The number of hydrogen-bond acceptors (Lipinski definition) is 2. The van der Waals surface area contributed by atoms with E-state index in [4.69, 9.17) is 0 Å². The van der Waals surface area contributed by atoms with E-state index in [0.717, 1.165) is 34.1 Å². The molecule has 14 aromatic rings. The van der Waals surface area contributed by atoms with Crippen molar-refractivity contribution in [3.63, 3.8) is 0 Å². The molecule has 0 N–H and O–H groups in total. The van der Waals surface area contributed by atoms with Gasteiger partial charge >= 0.3 is 0 Å². The van der Waals surface area contributed by atoms with Gasteiger partial charge in [-0.1, -0.05) is 224 Å². The van der Waals surface area contributed by atoms with Crippen LogP contribution in [0.3, 0.4) is 0 Å². The fourth-order valence-electron chi connectivity index (χ4n) is 14.3. The highest BCUT2D eigenvalue weighted by molar-refractivity contribution is 6.27. The van der Waals surface area contributed by atoms with Crippen LogP contribution >= 0.6 is 0 Å². The third-order valence-electron chi connectivity index (χ3n) is 18.0. The van der Waals surface area contributed by atoms with Crippen LogP contribution in [0.25, 0.3) is 86.9 Å². The van der Waals surface area contributed by atoms with Crippen molar-refractivity contribution in [2.75, 3.05) is 9.80 Å².